The number of para-hydroxylation sites is 1. The zero-order chi connectivity index (χ0) is 23.9. The molecular formula is C26H33N3O5. The fourth-order valence-corrected chi connectivity index (χ4v) is 4.62. The molecule has 0 spiro atoms. The van der Waals surface area contributed by atoms with Gasteiger partial charge in [0.1, 0.15) is 6.10 Å². The lowest BCUT2D eigenvalue weighted by Gasteiger charge is -2.44. The van der Waals surface area contributed by atoms with E-state index >= 15 is 0 Å². The molecule has 0 aromatic heterocycles. The Balaban J connectivity index is 1.37. The molecule has 8 heteroatoms. The number of hydrogen-bond acceptors (Lipinski definition) is 5. The Morgan fingerprint density at radius 2 is 1.76 bits per heavy atom. The number of ether oxygens (including phenoxy) is 2. The van der Waals surface area contributed by atoms with Gasteiger partial charge in [0, 0.05) is 5.69 Å². The number of amides is 3. The number of nitrogens with one attached hydrogen (secondary N) is 2. The Morgan fingerprint density at radius 3 is 2.50 bits per heavy atom. The number of carbonyl (C=O) groups excluding carboxylic acids is 2. The van der Waals surface area contributed by atoms with Crippen molar-refractivity contribution in [1.82, 2.24) is 10.2 Å². The van der Waals surface area contributed by atoms with Crippen molar-refractivity contribution in [1.29, 1.82) is 0 Å². The monoisotopic (exact) mass is 467 g/mol. The Labute approximate surface area is 200 Å². The summed E-state index contributed by atoms with van der Waals surface area (Å²) in [6.07, 6.45) is 0.155. The molecule has 34 heavy (non-hydrogen) atoms. The maximum Gasteiger partial charge on any atom is 0.322 e. The minimum atomic E-state index is -0.773. The van der Waals surface area contributed by atoms with Gasteiger partial charge in [-0.05, 0) is 37.5 Å². The fourth-order valence-electron chi connectivity index (χ4n) is 4.62. The van der Waals surface area contributed by atoms with Gasteiger partial charge in [-0.1, -0.05) is 48.5 Å². The van der Waals surface area contributed by atoms with Crippen LogP contribution in [0.4, 0.5) is 10.5 Å². The van der Waals surface area contributed by atoms with Crippen LogP contribution in [0, 0.1) is 0 Å². The van der Waals surface area contributed by atoms with Gasteiger partial charge in [0.15, 0.2) is 0 Å². The molecule has 3 N–H and O–H groups in total. The Bertz CT molecular complexity index is 942. The van der Waals surface area contributed by atoms with E-state index in [-0.39, 0.29) is 62.4 Å². The van der Waals surface area contributed by atoms with Crippen LogP contribution in [0.2, 0.25) is 0 Å². The van der Waals surface area contributed by atoms with Crippen molar-refractivity contribution in [2.75, 3.05) is 25.1 Å². The summed E-state index contributed by atoms with van der Waals surface area (Å²) >= 11 is 0. The van der Waals surface area contributed by atoms with Crippen LogP contribution in [-0.4, -0.2) is 66.1 Å². The first-order valence-corrected chi connectivity index (χ1v) is 11.9. The molecule has 0 radical (unpaired) electrons. The second-order valence-corrected chi connectivity index (χ2v) is 8.99. The van der Waals surface area contributed by atoms with E-state index in [2.05, 4.69) is 10.6 Å². The molecule has 0 bridgehead atoms. The number of β-amino-alcohol motifs (C(OH)–C–C–N with tert-alkyl or cyclic N) is 1. The molecule has 5 atom stereocenters. The number of carbonyl (C=O) groups is 2. The lowest BCUT2D eigenvalue weighted by Crippen LogP contribution is -2.58. The zero-order valence-corrected chi connectivity index (χ0v) is 19.4. The Kier molecular flexibility index (Phi) is 8.16. The number of fused-ring (bicyclic) bond motifs is 1. The summed E-state index contributed by atoms with van der Waals surface area (Å²) in [5.41, 5.74) is 1.74. The lowest BCUT2D eigenvalue weighted by molar-refractivity contribution is -0.150. The van der Waals surface area contributed by atoms with Crippen molar-refractivity contribution in [3.05, 3.63) is 66.2 Å². The molecule has 8 nitrogen and oxygen atoms in total. The van der Waals surface area contributed by atoms with Crippen molar-refractivity contribution >= 4 is 17.6 Å². The van der Waals surface area contributed by atoms with Crippen LogP contribution in [0.15, 0.2) is 60.7 Å². The third-order valence-corrected chi connectivity index (χ3v) is 6.36. The minimum Gasteiger partial charge on any atom is -0.389 e. The smallest absolute Gasteiger partial charge is 0.322 e. The van der Waals surface area contributed by atoms with E-state index in [9.17, 15) is 14.7 Å². The average Bonchev–Trinajstić information content (AvgIpc) is 2.83. The molecule has 2 fully saturated rings. The zero-order valence-electron chi connectivity index (χ0n) is 19.4. The van der Waals surface area contributed by atoms with E-state index in [4.69, 9.17) is 9.47 Å². The van der Waals surface area contributed by atoms with Gasteiger partial charge < -0.3 is 30.1 Å². The highest BCUT2D eigenvalue weighted by atomic mass is 16.5. The number of rotatable bonds is 5. The highest BCUT2D eigenvalue weighted by Crippen LogP contribution is 2.28. The average molecular weight is 468 g/mol. The van der Waals surface area contributed by atoms with Crippen molar-refractivity contribution in [3.8, 4) is 0 Å². The molecule has 2 aromatic rings. The standard InChI is InChI=1S/C26H33N3O5/c1-18(19-8-4-2-5-9-19)27-25(31)14-22-12-13-23-24(34-22)17-33-16-21(30)15-29(23)26(32)28-20-10-6-3-7-11-20/h2-11,18,21-24,30H,12-17H2,1H3,(H,27,31)(H,28,32)/t18-,21+,22+,23-,24+/m0/s1. The summed E-state index contributed by atoms with van der Waals surface area (Å²) in [5, 5.41) is 16.2. The summed E-state index contributed by atoms with van der Waals surface area (Å²) in [7, 11) is 0. The maximum absolute atomic E-state index is 13.1. The first-order chi connectivity index (χ1) is 16.5. The summed E-state index contributed by atoms with van der Waals surface area (Å²) < 4.78 is 11.9. The van der Waals surface area contributed by atoms with E-state index in [1.165, 1.54) is 0 Å². The lowest BCUT2D eigenvalue weighted by atomic mass is 9.94. The summed E-state index contributed by atoms with van der Waals surface area (Å²) in [5.74, 6) is -0.0688. The van der Waals surface area contributed by atoms with Gasteiger partial charge in [-0.15, -0.1) is 0 Å². The van der Waals surface area contributed by atoms with Crippen LogP contribution in [-0.2, 0) is 14.3 Å². The molecule has 2 saturated heterocycles. The van der Waals surface area contributed by atoms with Gasteiger partial charge in [-0.3, -0.25) is 4.79 Å². The topological polar surface area (TPSA) is 100 Å². The predicted octanol–water partition coefficient (Wildman–Crippen LogP) is 3.10. The molecule has 0 aliphatic carbocycles. The maximum atomic E-state index is 13.1. The molecule has 2 heterocycles. The van der Waals surface area contributed by atoms with E-state index in [1.54, 1.807) is 4.90 Å². The third kappa shape index (κ3) is 6.34. The number of nitrogens with zero attached hydrogens (tertiary/aromatic N) is 1. The molecule has 182 valence electrons. The number of aliphatic hydroxyl groups excluding tert-OH is 1. The molecule has 0 saturated carbocycles. The summed E-state index contributed by atoms with van der Waals surface area (Å²) in [6, 6.07) is 18.4. The van der Waals surface area contributed by atoms with Gasteiger partial charge >= 0.3 is 6.03 Å². The number of hydrogen-bond donors (Lipinski definition) is 3. The van der Waals surface area contributed by atoms with Gasteiger partial charge in [0.05, 0.1) is 50.5 Å². The highest BCUT2D eigenvalue weighted by molar-refractivity contribution is 5.89. The van der Waals surface area contributed by atoms with Crippen molar-refractivity contribution in [2.45, 2.75) is 56.6 Å². The molecule has 2 aliphatic heterocycles. The van der Waals surface area contributed by atoms with Gasteiger partial charge in [-0.2, -0.15) is 0 Å². The van der Waals surface area contributed by atoms with Gasteiger partial charge in [0.2, 0.25) is 5.91 Å². The summed E-state index contributed by atoms with van der Waals surface area (Å²) in [6.45, 7) is 2.50. The number of anilines is 1. The van der Waals surface area contributed by atoms with E-state index < -0.39 is 6.10 Å². The molecule has 0 unspecified atom stereocenters. The normalized spacial score (nSPS) is 25.9. The van der Waals surface area contributed by atoms with Gasteiger partial charge in [0.25, 0.3) is 0 Å². The molecule has 2 aliphatic rings. The number of benzene rings is 2. The predicted molar refractivity (Wildman–Crippen MR) is 128 cm³/mol. The van der Waals surface area contributed by atoms with Crippen LogP contribution in [0.3, 0.4) is 0 Å². The van der Waals surface area contributed by atoms with Crippen LogP contribution >= 0.6 is 0 Å². The number of aliphatic hydroxyl groups is 1. The largest absolute Gasteiger partial charge is 0.389 e. The molecule has 2 aromatic carbocycles. The fraction of sp³-hybridized carbons (Fsp3) is 0.462. The SMILES string of the molecule is C[C@H](NC(=O)C[C@H]1CC[C@H]2[C@@H](COC[C@H](O)CN2C(=O)Nc2ccccc2)O1)c1ccccc1. The van der Waals surface area contributed by atoms with E-state index in [0.29, 0.717) is 18.5 Å². The molecular weight excluding hydrogens is 434 g/mol. The molecule has 3 amide bonds. The second kappa shape index (κ2) is 11.5. The first kappa shape index (κ1) is 24.2. The van der Waals surface area contributed by atoms with Crippen LogP contribution in [0.5, 0.6) is 0 Å². The van der Waals surface area contributed by atoms with E-state index in [1.807, 2.05) is 67.6 Å². The highest BCUT2D eigenvalue weighted by Gasteiger charge is 2.40. The third-order valence-electron chi connectivity index (χ3n) is 6.36. The second-order valence-electron chi connectivity index (χ2n) is 8.99. The minimum absolute atomic E-state index is 0.0688. The molecule has 4 rings (SSSR count). The van der Waals surface area contributed by atoms with Crippen molar-refractivity contribution in [3.63, 3.8) is 0 Å². The summed E-state index contributed by atoms with van der Waals surface area (Å²) in [4.78, 5) is 27.4. The Hall–Kier alpha value is -2.94. The van der Waals surface area contributed by atoms with Crippen LogP contribution in [0.1, 0.15) is 37.8 Å². The van der Waals surface area contributed by atoms with Crippen LogP contribution < -0.4 is 10.6 Å². The van der Waals surface area contributed by atoms with Crippen molar-refractivity contribution < 1.29 is 24.2 Å². The van der Waals surface area contributed by atoms with Crippen molar-refractivity contribution in [2.24, 2.45) is 0 Å². The van der Waals surface area contributed by atoms with Gasteiger partial charge in [-0.25, -0.2) is 4.79 Å². The van der Waals surface area contributed by atoms with Crippen LogP contribution in [0.25, 0.3) is 0 Å². The number of urea groups is 1. The first-order valence-electron chi connectivity index (χ1n) is 11.9. The quantitative estimate of drug-likeness (QED) is 0.628. The van der Waals surface area contributed by atoms with E-state index in [0.717, 1.165) is 5.56 Å². The Morgan fingerprint density at radius 1 is 1.06 bits per heavy atom.